The Kier molecular flexibility index (Phi) is 13.5. The number of nitrogens with one attached hydrogen (secondary N) is 2. The number of sulfonamides is 1. The summed E-state index contributed by atoms with van der Waals surface area (Å²) < 4.78 is 35.7. The van der Waals surface area contributed by atoms with Crippen LogP contribution < -0.4 is 14.9 Å². The van der Waals surface area contributed by atoms with Crippen molar-refractivity contribution in [3.05, 3.63) is 124 Å². The number of nitrogens with zero attached hydrogens (tertiary/aromatic N) is 6. The van der Waals surface area contributed by atoms with Crippen molar-refractivity contribution < 1.29 is 18.1 Å². The number of nitro groups is 1. The van der Waals surface area contributed by atoms with E-state index < -0.39 is 14.9 Å². The number of rotatable bonds is 15. The molecule has 1 unspecified atom stereocenters. The minimum Gasteiger partial charge on any atom is -0.379 e. The molecule has 1 aliphatic carbocycles. The number of aromatic nitrogens is 2. The van der Waals surface area contributed by atoms with E-state index in [4.69, 9.17) is 16.3 Å². The maximum absolute atomic E-state index is 13.8. The Balaban J connectivity index is 0.939. The number of fused-ring (bicyclic) bond motifs is 1. The Labute approximate surface area is 360 Å². The largest absolute Gasteiger partial charge is 0.379 e. The van der Waals surface area contributed by atoms with E-state index in [-0.39, 0.29) is 28.1 Å². The van der Waals surface area contributed by atoms with Crippen LogP contribution in [0.15, 0.2) is 113 Å². The number of piperazine rings is 1. The summed E-state index contributed by atoms with van der Waals surface area (Å²) >= 11 is 7.83. The van der Waals surface area contributed by atoms with E-state index in [1.807, 2.05) is 60.7 Å². The predicted octanol–water partition coefficient (Wildman–Crippen LogP) is 8.05. The molecule has 1 aromatic heterocycles. The van der Waals surface area contributed by atoms with Crippen molar-refractivity contribution in [2.24, 2.45) is 0 Å². The van der Waals surface area contributed by atoms with Crippen molar-refractivity contribution in [1.29, 1.82) is 0 Å². The number of nitro benzene ring substituents is 1. The Bertz CT molecular complexity index is 2430. The molecule has 0 radical (unpaired) electrons. The van der Waals surface area contributed by atoms with Crippen LogP contribution in [0.5, 0.6) is 0 Å². The number of morpholine rings is 1. The van der Waals surface area contributed by atoms with Crippen molar-refractivity contribution in [1.82, 2.24) is 19.8 Å². The lowest BCUT2D eigenvalue weighted by Gasteiger charge is -2.37. The van der Waals surface area contributed by atoms with Gasteiger partial charge in [-0.15, -0.1) is 11.8 Å². The van der Waals surface area contributed by atoms with Crippen LogP contribution in [0.4, 0.5) is 22.9 Å². The summed E-state index contributed by atoms with van der Waals surface area (Å²) in [7, 11) is -4.27. The molecular formula is C44H49ClN8O5S2. The van der Waals surface area contributed by atoms with Gasteiger partial charge in [-0.25, -0.2) is 18.4 Å². The summed E-state index contributed by atoms with van der Waals surface area (Å²) in [5, 5.41) is 17.1. The summed E-state index contributed by atoms with van der Waals surface area (Å²) in [5.74, 6) is 0.742. The van der Waals surface area contributed by atoms with Crippen molar-refractivity contribution in [3.63, 3.8) is 0 Å². The van der Waals surface area contributed by atoms with Gasteiger partial charge in [0.25, 0.3) is 15.7 Å². The van der Waals surface area contributed by atoms with E-state index in [2.05, 4.69) is 46.8 Å². The van der Waals surface area contributed by atoms with E-state index in [9.17, 15) is 18.5 Å². The minimum atomic E-state index is -4.27. The number of anilines is 3. The summed E-state index contributed by atoms with van der Waals surface area (Å²) in [4.78, 5) is 28.6. The van der Waals surface area contributed by atoms with Crippen molar-refractivity contribution in [2.45, 2.75) is 41.5 Å². The quantitative estimate of drug-likeness (QED) is 0.0597. The number of thioether (sulfide) groups is 1. The van der Waals surface area contributed by atoms with Gasteiger partial charge in [0, 0.05) is 91.2 Å². The molecule has 4 aromatic carbocycles. The van der Waals surface area contributed by atoms with Crippen LogP contribution in [0.3, 0.4) is 0 Å². The topological polar surface area (TPSA) is 146 Å². The van der Waals surface area contributed by atoms with Gasteiger partial charge in [0.05, 0.1) is 28.5 Å². The van der Waals surface area contributed by atoms with Gasteiger partial charge in [0.1, 0.15) is 12.0 Å². The van der Waals surface area contributed by atoms with Crippen LogP contribution in [0.1, 0.15) is 31.2 Å². The van der Waals surface area contributed by atoms with Gasteiger partial charge in [-0.2, -0.15) is 0 Å². The van der Waals surface area contributed by atoms with Crippen molar-refractivity contribution in [3.8, 4) is 0 Å². The molecular weight excluding hydrogens is 820 g/mol. The van der Waals surface area contributed by atoms with Gasteiger partial charge >= 0.3 is 0 Å². The SMILES string of the molecule is O=[N+]([O-])c1cc(S(=O)(=O)Nc2ncnc3cc(N4CCN(CC5=C(c6ccc(Cl)cc6)CCCC5)CC4)ccc23)ccc1NC(CSc1ccccc1)CN1CCOCC1. The summed E-state index contributed by atoms with van der Waals surface area (Å²) in [5.41, 5.74) is 5.78. The molecule has 2 fully saturated rings. The van der Waals surface area contributed by atoms with Gasteiger partial charge in [-0.05, 0) is 91.4 Å². The molecule has 0 amide bonds. The molecule has 1 atom stereocenters. The van der Waals surface area contributed by atoms with Gasteiger partial charge in [0.15, 0.2) is 5.82 Å². The number of hydrogen-bond acceptors (Lipinski definition) is 12. The maximum atomic E-state index is 13.8. The molecule has 0 saturated carbocycles. The zero-order valence-electron chi connectivity index (χ0n) is 33.3. The van der Waals surface area contributed by atoms with Crippen LogP contribution in [-0.2, 0) is 14.8 Å². The Morgan fingerprint density at radius 2 is 1.63 bits per heavy atom. The van der Waals surface area contributed by atoms with Crippen LogP contribution in [0, 0.1) is 10.1 Å². The third kappa shape index (κ3) is 10.4. The molecule has 2 N–H and O–H groups in total. The molecule has 2 aliphatic heterocycles. The molecule has 0 spiro atoms. The number of ether oxygens (including phenoxy) is 1. The standard InChI is InChI=1S/C44H49ClN8O5S2/c45-34-12-10-32(11-13-34)39-9-5-4-6-33(39)28-50-18-20-52(21-19-50)36-14-16-40-42(26-36)46-31-47-44(40)49-60(56,57)38-15-17-41(43(27-38)53(54)55)48-35(29-51-22-24-58-25-23-51)30-59-37-7-2-1-3-8-37/h1-3,7-8,10-17,26-27,31,35,48H,4-6,9,18-25,28-30H2,(H,46,47,49). The summed E-state index contributed by atoms with van der Waals surface area (Å²) in [6.07, 6.45) is 5.99. The Hall–Kier alpha value is -4.77. The first-order valence-corrected chi connectivity index (χ1v) is 23.3. The fraction of sp³-hybridized carbons (Fsp3) is 0.364. The molecule has 3 aliphatic rings. The van der Waals surface area contributed by atoms with Crippen LogP contribution in [0.2, 0.25) is 5.02 Å². The summed E-state index contributed by atoms with van der Waals surface area (Å²) in [6, 6.07) is 27.8. The van der Waals surface area contributed by atoms with Crippen molar-refractivity contribution in [2.75, 3.05) is 86.3 Å². The zero-order valence-corrected chi connectivity index (χ0v) is 35.7. The fourth-order valence-corrected chi connectivity index (χ4v) is 10.3. The lowest BCUT2D eigenvalue weighted by molar-refractivity contribution is -0.384. The summed E-state index contributed by atoms with van der Waals surface area (Å²) in [6.45, 7) is 7.95. The Morgan fingerprint density at radius 1 is 0.867 bits per heavy atom. The third-order valence-electron chi connectivity index (χ3n) is 11.4. The average molecular weight is 870 g/mol. The van der Waals surface area contributed by atoms with E-state index in [1.54, 1.807) is 11.8 Å². The second-order valence-electron chi connectivity index (χ2n) is 15.4. The molecule has 8 rings (SSSR count). The number of allylic oxidation sites excluding steroid dienone is 1. The smallest absolute Gasteiger partial charge is 0.293 e. The molecule has 314 valence electrons. The minimum absolute atomic E-state index is 0.0991. The van der Waals surface area contributed by atoms with Gasteiger partial charge in [-0.3, -0.25) is 24.6 Å². The lowest BCUT2D eigenvalue weighted by Crippen LogP contribution is -2.47. The second kappa shape index (κ2) is 19.3. The highest BCUT2D eigenvalue weighted by Crippen LogP contribution is 2.35. The molecule has 3 heterocycles. The highest BCUT2D eigenvalue weighted by molar-refractivity contribution is 7.99. The number of benzene rings is 4. The first-order valence-electron chi connectivity index (χ1n) is 20.4. The van der Waals surface area contributed by atoms with Gasteiger partial charge in [-0.1, -0.05) is 47.5 Å². The third-order valence-corrected chi connectivity index (χ3v) is 14.2. The predicted molar refractivity (Wildman–Crippen MR) is 241 cm³/mol. The number of hydrogen-bond donors (Lipinski definition) is 2. The zero-order chi connectivity index (χ0) is 41.5. The van der Waals surface area contributed by atoms with Crippen LogP contribution >= 0.6 is 23.4 Å². The first kappa shape index (κ1) is 41.9. The van der Waals surface area contributed by atoms with Gasteiger partial charge in [0.2, 0.25) is 0 Å². The van der Waals surface area contributed by atoms with Crippen LogP contribution in [-0.4, -0.2) is 110 Å². The van der Waals surface area contributed by atoms with E-state index in [1.165, 1.54) is 48.0 Å². The average Bonchev–Trinajstić information content (AvgIpc) is 3.27. The maximum Gasteiger partial charge on any atom is 0.293 e. The van der Waals surface area contributed by atoms with Crippen molar-refractivity contribution >= 4 is 72.7 Å². The first-order chi connectivity index (χ1) is 29.2. The van der Waals surface area contributed by atoms with E-state index in [0.717, 1.165) is 80.3 Å². The molecule has 13 nitrogen and oxygen atoms in total. The molecule has 60 heavy (non-hydrogen) atoms. The van der Waals surface area contributed by atoms with Crippen LogP contribution in [0.25, 0.3) is 16.5 Å². The molecule has 2 saturated heterocycles. The molecule has 0 bridgehead atoms. The van der Waals surface area contributed by atoms with E-state index in [0.29, 0.717) is 36.4 Å². The lowest BCUT2D eigenvalue weighted by atomic mass is 9.87. The highest BCUT2D eigenvalue weighted by Gasteiger charge is 2.27. The normalized spacial score (nSPS) is 17.4. The van der Waals surface area contributed by atoms with Gasteiger partial charge < -0.3 is 15.0 Å². The second-order valence-corrected chi connectivity index (χ2v) is 18.6. The molecule has 5 aromatic rings. The fourth-order valence-electron chi connectivity index (χ4n) is 8.21. The molecule has 16 heteroatoms. The van der Waals surface area contributed by atoms with E-state index >= 15 is 0 Å². The number of halogens is 1. The Morgan fingerprint density at radius 3 is 2.40 bits per heavy atom. The highest BCUT2D eigenvalue weighted by atomic mass is 35.5. The monoisotopic (exact) mass is 868 g/mol.